The molecule has 2 fully saturated rings. The van der Waals surface area contributed by atoms with E-state index in [1.807, 2.05) is 0 Å². The molecule has 3 heterocycles. The number of carbonyl (C=O) groups is 2. The fourth-order valence-corrected chi connectivity index (χ4v) is 2.76. The third-order valence-corrected chi connectivity index (χ3v) is 4.01. The molecule has 0 aliphatic carbocycles. The van der Waals surface area contributed by atoms with Crippen LogP contribution in [0.1, 0.15) is 35.8 Å². The highest BCUT2D eigenvalue weighted by Crippen LogP contribution is 2.17. The second kappa shape index (κ2) is 6.21. The number of nitrogens with zero attached hydrogens (tertiary/aromatic N) is 4. The highest BCUT2D eigenvalue weighted by atomic mass is 16.2. The second-order valence-electron chi connectivity index (χ2n) is 5.46. The van der Waals surface area contributed by atoms with Gasteiger partial charge in [-0.15, -0.1) is 5.10 Å². The molecule has 2 aliphatic heterocycles. The van der Waals surface area contributed by atoms with Gasteiger partial charge in [-0.3, -0.25) is 9.59 Å². The van der Waals surface area contributed by atoms with Crippen LogP contribution >= 0.6 is 0 Å². The molecular formula is C13H20N6O2. The minimum Gasteiger partial charge on any atom is -0.354 e. The number of rotatable bonds is 2. The quantitative estimate of drug-likeness (QED) is 0.742. The van der Waals surface area contributed by atoms with Crippen LogP contribution in [0.15, 0.2) is 6.20 Å². The Hall–Kier alpha value is -1.96. The van der Waals surface area contributed by atoms with Crippen molar-refractivity contribution in [1.82, 2.24) is 30.5 Å². The summed E-state index contributed by atoms with van der Waals surface area (Å²) < 4.78 is 1.80. The van der Waals surface area contributed by atoms with E-state index in [0.29, 0.717) is 37.8 Å². The van der Waals surface area contributed by atoms with Crippen molar-refractivity contribution in [2.24, 2.45) is 0 Å². The Labute approximate surface area is 122 Å². The SMILES string of the molecule is O=C1CCN(C(=O)c2cn(C3CCNCC3)nn2)CCN1. The zero-order valence-electron chi connectivity index (χ0n) is 11.9. The summed E-state index contributed by atoms with van der Waals surface area (Å²) in [6.07, 6.45) is 4.07. The Morgan fingerprint density at radius 3 is 2.86 bits per heavy atom. The fourth-order valence-electron chi connectivity index (χ4n) is 2.76. The smallest absolute Gasteiger partial charge is 0.276 e. The molecule has 0 radical (unpaired) electrons. The Morgan fingerprint density at radius 2 is 2.05 bits per heavy atom. The number of aromatic nitrogens is 3. The molecule has 2 aliphatic rings. The van der Waals surface area contributed by atoms with E-state index >= 15 is 0 Å². The molecule has 2 saturated heterocycles. The zero-order chi connectivity index (χ0) is 14.7. The number of carbonyl (C=O) groups excluding carboxylic acids is 2. The summed E-state index contributed by atoms with van der Waals surface area (Å²) in [5, 5.41) is 14.2. The lowest BCUT2D eigenvalue weighted by Gasteiger charge is -2.22. The number of amides is 2. The van der Waals surface area contributed by atoms with Gasteiger partial charge in [0, 0.05) is 26.1 Å². The van der Waals surface area contributed by atoms with Gasteiger partial charge in [0.2, 0.25) is 5.91 Å². The maximum atomic E-state index is 12.4. The van der Waals surface area contributed by atoms with Gasteiger partial charge in [0.25, 0.3) is 5.91 Å². The van der Waals surface area contributed by atoms with Gasteiger partial charge in [-0.1, -0.05) is 5.21 Å². The average molecular weight is 292 g/mol. The van der Waals surface area contributed by atoms with Gasteiger partial charge in [0.15, 0.2) is 5.69 Å². The average Bonchev–Trinajstić information content (AvgIpc) is 2.91. The molecule has 1 aromatic heterocycles. The molecule has 0 unspecified atom stereocenters. The van der Waals surface area contributed by atoms with Crippen LogP contribution in [0, 0.1) is 0 Å². The lowest BCUT2D eigenvalue weighted by Crippen LogP contribution is -2.34. The topological polar surface area (TPSA) is 92.2 Å². The van der Waals surface area contributed by atoms with E-state index in [-0.39, 0.29) is 11.8 Å². The largest absolute Gasteiger partial charge is 0.354 e. The van der Waals surface area contributed by atoms with Crippen molar-refractivity contribution >= 4 is 11.8 Å². The highest BCUT2D eigenvalue weighted by Gasteiger charge is 2.24. The number of piperidine rings is 1. The van der Waals surface area contributed by atoms with Gasteiger partial charge >= 0.3 is 0 Å². The van der Waals surface area contributed by atoms with Crippen LogP contribution in [0.25, 0.3) is 0 Å². The maximum Gasteiger partial charge on any atom is 0.276 e. The summed E-state index contributed by atoms with van der Waals surface area (Å²) in [4.78, 5) is 25.4. The van der Waals surface area contributed by atoms with Crippen molar-refractivity contribution in [2.75, 3.05) is 32.7 Å². The van der Waals surface area contributed by atoms with Crippen molar-refractivity contribution in [1.29, 1.82) is 0 Å². The first-order chi connectivity index (χ1) is 10.2. The summed E-state index contributed by atoms with van der Waals surface area (Å²) in [7, 11) is 0. The van der Waals surface area contributed by atoms with E-state index in [9.17, 15) is 9.59 Å². The molecule has 0 atom stereocenters. The van der Waals surface area contributed by atoms with Gasteiger partial charge in [0.1, 0.15) is 0 Å². The predicted octanol–water partition coefficient (Wildman–Crippen LogP) is -0.835. The van der Waals surface area contributed by atoms with Gasteiger partial charge in [-0.25, -0.2) is 4.68 Å². The van der Waals surface area contributed by atoms with Crippen molar-refractivity contribution in [3.8, 4) is 0 Å². The first-order valence-electron chi connectivity index (χ1n) is 7.42. The van der Waals surface area contributed by atoms with Crippen LogP contribution in [-0.4, -0.2) is 64.4 Å². The van der Waals surface area contributed by atoms with Crippen LogP contribution < -0.4 is 10.6 Å². The van der Waals surface area contributed by atoms with E-state index in [2.05, 4.69) is 20.9 Å². The molecule has 114 valence electrons. The van der Waals surface area contributed by atoms with Crippen molar-refractivity contribution < 1.29 is 9.59 Å². The Kier molecular flexibility index (Phi) is 4.14. The van der Waals surface area contributed by atoms with Gasteiger partial charge in [0.05, 0.1) is 12.2 Å². The molecule has 0 saturated carbocycles. The predicted molar refractivity (Wildman–Crippen MR) is 74.7 cm³/mol. The van der Waals surface area contributed by atoms with E-state index in [0.717, 1.165) is 25.9 Å². The first-order valence-corrected chi connectivity index (χ1v) is 7.42. The third kappa shape index (κ3) is 3.21. The van der Waals surface area contributed by atoms with Crippen molar-refractivity contribution in [3.05, 3.63) is 11.9 Å². The molecule has 8 nitrogen and oxygen atoms in total. The standard InChI is InChI=1S/C13H20N6O2/c20-12-3-7-18(8-6-15-12)13(21)11-9-19(17-16-11)10-1-4-14-5-2-10/h9-10,14H,1-8H2,(H,15,20). The molecule has 0 spiro atoms. The lowest BCUT2D eigenvalue weighted by molar-refractivity contribution is -0.120. The van der Waals surface area contributed by atoms with E-state index in [1.165, 1.54) is 0 Å². The molecule has 1 aromatic rings. The number of hydrogen-bond acceptors (Lipinski definition) is 5. The highest BCUT2D eigenvalue weighted by molar-refractivity contribution is 5.92. The minimum absolute atomic E-state index is 0.0105. The molecular weight excluding hydrogens is 272 g/mol. The van der Waals surface area contributed by atoms with Gasteiger partial charge < -0.3 is 15.5 Å². The van der Waals surface area contributed by atoms with Gasteiger partial charge in [-0.05, 0) is 25.9 Å². The summed E-state index contributed by atoms with van der Waals surface area (Å²) in [6.45, 7) is 3.38. The van der Waals surface area contributed by atoms with Crippen LogP contribution in [0.5, 0.6) is 0 Å². The molecule has 0 aromatic carbocycles. The molecule has 21 heavy (non-hydrogen) atoms. The fraction of sp³-hybridized carbons (Fsp3) is 0.692. The first kappa shape index (κ1) is 14.0. The van der Waals surface area contributed by atoms with E-state index in [4.69, 9.17) is 0 Å². The summed E-state index contributed by atoms with van der Waals surface area (Å²) in [6, 6.07) is 0.313. The zero-order valence-corrected chi connectivity index (χ0v) is 11.9. The van der Waals surface area contributed by atoms with Crippen LogP contribution in [-0.2, 0) is 4.79 Å². The normalized spacial score (nSPS) is 21.0. The Morgan fingerprint density at radius 1 is 1.24 bits per heavy atom. The van der Waals surface area contributed by atoms with Gasteiger partial charge in [-0.2, -0.15) is 0 Å². The molecule has 2 amide bonds. The monoisotopic (exact) mass is 292 g/mol. The summed E-state index contributed by atoms with van der Waals surface area (Å²) in [5.41, 5.74) is 0.364. The number of hydrogen-bond donors (Lipinski definition) is 2. The summed E-state index contributed by atoms with van der Waals surface area (Å²) >= 11 is 0. The Balaban J connectivity index is 1.67. The van der Waals surface area contributed by atoms with E-state index < -0.39 is 0 Å². The Bertz CT molecular complexity index is 522. The lowest BCUT2D eigenvalue weighted by atomic mass is 10.1. The second-order valence-corrected chi connectivity index (χ2v) is 5.46. The molecule has 2 N–H and O–H groups in total. The molecule has 0 bridgehead atoms. The van der Waals surface area contributed by atoms with Crippen LogP contribution in [0.4, 0.5) is 0 Å². The van der Waals surface area contributed by atoms with Crippen LogP contribution in [0.3, 0.4) is 0 Å². The molecule has 8 heteroatoms. The van der Waals surface area contributed by atoms with Crippen molar-refractivity contribution in [3.63, 3.8) is 0 Å². The summed E-state index contributed by atoms with van der Waals surface area (Å²) in [5.74, 6) is -0.157. The molecule has 3 rings (SSSR count). The van der Waals surface area contributed by atoms with Crippen LogP contribution in [0.2, 0.25) is 0 Å². The number of nitrogens with one attached hydrogen (secondary N) is 2. The maximum absolute atomic E-state index is 12.4. The van der Waals surface area contributed by atoms with E-state index in [1.54, 1.807) is 15.8 Å². The van der Waals surface area contributed by atoms with Crippen molar-refractivity contribution in [2.45, 2.75) is 25.3 Å². The minimum atomic E-state index is -0.147. The third-order valence-electron chi connectivity index (χ3n) is 4.01.